The predicted molar refractivity (Wildman–Crippen MR) is 79.7 cm³/mol. The zero-order chi connectivity index (χ0) is 14.8. The highest BCUT2D eigenvalue weighted by atomic mass is 35.5. The summed E-state index contributed by atoms with van der Waals surface area (Å²) in [6, 6.07) is 7.41. The van der Waals surface area contributed by atoms with Crippen molar-refractivity contribution in [1.82, 2.24) is 15.2 Å². The average Bonchev–Trinajstić information content (AvgIpc) is 2.85. The fourth-order valence-corrected chi connectivity index (χ4v) is 1.69. The van der Waals surface area contributed by atoms with Gasteiger partial charge in [0.1, 0.15) is 5.82 Å². The highest BCUT2D eigenvalue weighted by Crippen LogP contribution is 2.23. The molecule has 6 heteroatoms. The number of nitrogens with zero attached hydrogens (tertiary/aromatic N) is 2. The van der Waals surface area contributed by atoms with Crippen molar-refractivity contribution >= 4 is 23.2 Å². The van der Waals surface area contributed by atoms with Crippen molar-refractivity contribution in [3.8, 4) is 11.4 Å². The van der Waals surface area contributed by atoms with Gasteiger partial charge in [-0.2, -0.15) is 5.10 Å². The van der Waals surface area contributed by atoms with Crippen LogP contribution in [0, 0.1) is 12.3 Å². The second-order valence-electron chi connectivity index (χ2n) is 5.30. The molecule has 0 bridgehead atoms. The van der Waals surface area contributed by atoms with E-state index in [0.29, 0.717) is 11.5 Å². The Labute approximate surface area is 122 Å². The molecule has 0 aliphatic heterocycles. The molecule has 0 unspecified atom stereocenters. The van der Waals surface area contributed by atoms with Crippen molar-refractivity contribution in [2.24, 2.45) is 5.41 Å². The molecule has 5 nitrogen and oxygen atoms in total. The zero-order valence-electron chi connectivity index (χ0n) is 11.7. The van der Waals surface area contributed by atoms with Gasteiger partial charge >= 0.3 is 0 Å². The van der Waals surface area contributed by atoms with E-state index in [9.17, 15) is 4.79 Å². The first-order valence-corrected chi connectivity index (χ1v) is 6.83. The lowest BCUT2D eigenvalue weighted by atomic mass is 9.95. The largest absolute Gasteiger partial charge is 0.326 e. The summed E-state index contributed by atoms with van der Waals surface area (Å²) in [7, 11) is 0. The first-order valence-electron chi connectivity index (χ1n) is 6.29. The molecule has 1 amide bonds. The van der Waals surface area contributed by atoms with Crippen molar-refractivity contribution in [2.45, 2.75) is 20.8 Å². The molecule has 2 aromatic rings. The number of benzene rings is 1. The van der Waals surface area contributed by atoms with Gasteiger partial charge in [0, 0.05) is 17.1 Å². The number of aryl methyl sites for hydroxylation is 1. The van der Waals surface area contributed by atoms with Gasteiger partial charge in [0.15, 0.2) is 5.82 Å². The Balaban J connectivity index is 2.21. The third-order valence-corrected chi connectivity index (χ3v) is 3.59. The predicted octanol–water partition coefficient (Wildman–Crippen LogP) is 2.98. The van der Waals surface area contributed by atoms with Crippen LogP contribution in [0.4, 0.5) is 5.69 Å². The molecule has 0 saturated carbocycles. The summed E-state index contributed by atoms with van der Waals surface area (Å²) in [4.78, 5) is 16.3. The molecule has 2 N–H and O–H groups in total. The van der Waals surface area contributed by atoms with Gasteiger partial charge < -0.3 is 5.32 Å². The lowest BCUT2D eigenvalue weighted by Crippen LogP contribution is -2.32. The van der Waals surface area contributed by atoms with Crippen LogP contribution in [0.15, 0.2) is 24.3 Å². The van der Waals surface area contributed by atoms with Crippen LogP contribution in [0.1, 0.15) is 19.7 Å². The van der Waals surface area contributed by atoms with Crippen molar-refractivity contribution in [3.63, 3.8) is 0 Å². The average molecular weight is 293 g/mol. The minimum atomic E-state index is -0.612. The van der Waals surface area contributed by atoms with Crippen molar-refractivity contribution in [2.75, 3.05) is 11.2 Å². The number of aromatic nitrogens is 3. The standard InChI is InChI=1S/C14H17ClN4O/c1-9-16-12(19-18-9)10-5-4-6-11(7-10)17-13(20)14(2,3)8-15/h4-7H,8H2,1-3H3,(H,17,20)(H,16,18,19). The first-order chi connectivity index (χ1) is 9.42. The van der Waals surface area contributed by atoms with Gasteiger partial charge in [-0.25, -0.2) is 4.98 Å². The summed E-state index contributed by atoms with van der Waals surface area (Å²) in [5.74, 6) is 1.50. The van der Waals surface area contributed by atoms with Crippen LogP contribution in [0.3, 0.4) is 0 Å². The maximum Gasteiger partial charge on any atom is 0.231 e. The van der Waals surface area contributed by atoms with Gasteiger partial charge in [0.25, 0.3) is 0 Å². The number of aromatic amines is 1. The van der Waals surface area contributed by atoms with Crippen molar-refractivity contribution in [1.29, 1.82) is 0 Å². The highest BCUT2D eigenvalue weighted by molar-refractivity contribution is 6.20. The van der Waals surface area contributed by atoms with Gasteiger partial charge in [-0.3, -0.25) is 9.89 Å². The molecule has 1 heterocycles. The second-order valence-corrected chi connectivity index (χ2v) is 5.56. The van der Waals surface area contributed by atoms with E-state index < -0.39 is 5.41 Å². The minimum absolute atomic E-state index is 0.115. The molecule has 106 valence electrons. The molecular formula is C14H17ClN4O. The van der Waals surface area contributed by atoms with E-state index in [-0.39, 0.29) is 11.8 Å². The first kappa shape index (κ1) is 14.5. The van der Waals surface area contributed by atoms with E-state index in [2.05, 4.69) is 20.5 Å². The number of rotatable bonds is 4. The maximum atomic E-state index is 12.1. The lowest BCUT2D eigenvalue weighted by Gasteiger charge is -2.20. The molecule has 0 saturated heterocycles. The topological polar surface area (TPSA) is 70.7 Å². The number of alkyl halides is 1. The molecule has 0 spiro atoms. The van der Waals surface area contributed by atoms with Crippen LogP contribution in [0.5, 0.6) is 0 Å². The van der Waals surface area contributed by atoms with E-state index >= 15 is 0 Å². The van der Waals surface area contributed by atoms with Crippen molar-refractivity contribution in [3.05, 3.63) is 30.1 Å². The smallest absolute Gasteiger partial charge is 0.231 e. The number of halogens is 1. The van der Waals surface area contributed by atoms with Crippen LogP contribution in [0.25, 0.3) is 11.4 Å². The minimum Gasteiger partial charge on any atom is -0.326 e. The zero-order valence-corrected chi connectivity index (χ0v) is 12.5. The van der Waals surface area contributed by atoms with Crippen LogP contribution >= 0.6 is 11.6 Å². The van der Waals surface area contributed by atoms with E-state index in [4.69, 9.17) is 11.6 Å². The van der Waals surface area contributed by atoms with Crippen LogP contribution in [-0.2, 0) is 4.79 Å². The number of nitrogens with one attached hydrogen (secondary N) is 2. The fraction of sp³-hybridized carbons (Fsp3) is 0.357. The summed E-state index contributed by atoms with van der Waals surface area (Å²) in [5, 5.41) is 9.76. The van der Waals surface area contributed by atoms with Crippen molar-refractivity contribution < 1.29 is 4.79 Å². The monoisotopic (exact) mass is 292 g/mol. The third kappa shape index (κ3) is 3.17. The number of amides is 1. The van der Waals surface area contributed by atoms with E-state index in [1.807, 2.05) is 31.2 Å². The van der Waals surface area contributed by atoms with Gasteiger partial charge in [0.2, 0.25) is 5.91 Å². The Morgan fingerprint density at radius 1 is 1.45 bits per heavy atom. The Hall–Kier alpha value is -1.88. The van der Waals surface area contributed by atoms with E-state index in [0.717, 1.165) is 11.4 Å². The van der Waals surface area contributed by atoms with E-state index in [1.54, 1.807) is 13.8 Å². The summed E-state index contributed by atoms with van der Waals surface area (Å²) < 4.78 is 0. The molecule has 0 fully saturated rings. The number of carbonyl (C=O) groups is 1. The number of hydrogen-bond donors (Lipinski definition) is 2. The van der Waals surface area contributed by atoms with E-state index in [1.165, 1.54) is 0 Å². The number of hydrogen-bond acceptors (Lipinski definition) is 3. The Morgan fingerprint density at radius 2 is 2.20 bits per heavy atom. The van der Waals surface area contributed by atoms with Crippen LogP contribution in [-0.4, -0.2) is 27.0 Å². The molecule has 0 aliphatic carbocycles. The normalized spacial score (nSPS) is 11.4. The third-order valence-electron chi connectivity index (χ3n) is 2.92. The SMILES string of the molecule is Cc1nc(-c2cccc(NC(=O)C(C)(C)CCl)c2)n[nH]1. The van der Waals surface area contributed by atoms with Gasteiger partial charge in [-0.05, 0) is 32.9 Å². The molecule has 0 radical (unpaired) electrons. The summed E-state index contributed by atoms with van der Waals surface area (Å²) in [6.07, 6.45) is 0. The fourth-order valence-electron chi connectivity index (χ4n) is 1.57. The molecular weight excluding hydrogens is 276 g/mol. The number of H-pyrrole nitrogens is 1. The Bertz CT molecular complexity index is 621. The lowest BCUT2D eigenvalue weighted by molar-refractivity contribution is -0.122. The number of anilines is 1. The molecule has 2 rings (SSSR count). The molecule has 0 aliphatic rings. The number of carbonyl (C=O) groups excluding carboxylic acids is 1. The maximum absolute atomic E-state index is 12.1. The second kappa shape index (κ2) is 5.63. The molecule has 20 heavy (non-hydrogen) atoms. The molecule has 1 aromatic carbocycles. The van der Waals surface area contributed by atoms with Gasteiger partial charge in [-0.1, -0.05) is 12.1 Å². The van der Waals surface area contributed by atoms with Gasteiger partial charge in [0.05, 0.1) is 5.41 Å². The summed E-state index contributed by atoms with van der Waals surface area (Å²) in [5.41, 5.74) is 0.933. The van der Waals surface area contributed by atoms with Gasteiger partial charge in [-0.15, -0.1) is 11.6 Å². The van der Waals surface area contributed by atoms with Crippen LogP contribution in [0.2, 0.25) is 0 Å². The Kier molecular flexibility index (Phi) is 4.09. The Morgan fingerprint density at radius 3 is 2.80 bits per heavy atom. The summed E-state index contributed by atoms with van der Waals surface area (Å²) >= 11 is 5.80. The molecule has 0 atom stereocenters. The van der Waals surface area contributed by atoms with Crippen LogP contribution < -0.4 is 5.32 Å². The quantitative estimate of drug-likeness (QED) is 0.851. The highest BCUT2D eigenvalue weighted by Gasteiger charge is 2.26. The molecule has 1 aromatic heterocycles. The summed E-state index contributed by atoms with van der Waals surface area (Å²) in [6.45, 7) is 5.45.